The summed E-state index contributed by atoms with van der Waals surface area (Å²) in [5, 5.41) is 6.20. The Balaban J connectivity index is 1.70. The quantitative estimate of drug-likeness (QED) is 0.641. The molecule has 6 nitrogen and oxygen atoms in total. The Morgan fingerprint density at radius 3 is 2.39 bits per heavy atom. The minimum Gasteiger partial charge on any atom is -0.354 e. The molecule has 2 aromatic carbocycles. The summed E-state index contributed by atoms with van der Waals surface area (Å²) in [6, 6.07) is 13.7. The number of likely N-dealkylation sites (tertiary alicyclic amines) is 1. The first kappa shape index (κ1) is 24.8. The molecule has 176 valence electrons. The Kier molecular flexibility index (Phi) is 8.50. The fraction of sp³-hybridized carbons (Fsp3) is 0.423. The molecule has 0 bridgehead atoms. The Hall–Kier alpha value is -2.86. The molecule has 0 radical (unpaired) electrons. The van der Waals surface area contributed by atoms with Gasteiger partial charge < -0.3 is 15.5 Å². The lowest BCUT2D eigenvalue weighted by Gasteiger charge is -2.36. The Bertz CT molecular complexity index is 1000. The topological polar surface area (TPSA) is 78.5 Å². The Morgan fingerprint density at radius 2 is 1.76 bits per heavy atom. The summed E-state index contributed by atoms with van der Waals surface area (Å²) >= 11 is 6.19. The number of rotatable bonds is 7. The summed E-state index contributed by atoms with van der Waals surface area (Å²) in [5.41, 5.74) is 2.06. The fourth-order valence-electron chi connectivity index (χ4n) is 4.07. The molecule has 7 heteroatoms. The summed E-state index contributed by atoms with van der Waals surface area (Å²) in [6.07, 6.45) is 1.25. The first-order valence-corrected chi connectivity index (χ1v) is 11.8. The molecule has 33 heavy (non-hydrogen) atoms. The number of halogens is 1. The van der Waals surface area contributed by atoms with E-state index in [1.54, 1.807) is 24.3 Å². The highest BCUT2D eigenvalue weighted by atomic mass is 35.5. The molecular formula is C26H32ClN3O3. The summed E-state index contributed by atoms with van der Waals surface area (Å²) in [7, 11) is 0. The predicted octanol–water partition coefficient (Wildman–Crippen LogP) is 4.07. The molecule has 0 spiro atoms. The molecule has 2 aromatic rings. The van der Waals surface area contributed by atoms with E-state index in [1.807, 2.05) is 49.9 Å². The number of piperidine rings is 1. The van der Waals surface area contributed by atoms with Crippen LogP contribution in [0.1, 0.15) is 53.0 Å². The second-order valence-corrected chi connectivity index (χ2v) is 9.48. The number of hydrogen-bond donors (Lipinski definition) is 2. The molecule has 1 heterocycles. The second-order valence-electron chi connectivity index (χ2n) is 9.07. The lowest BCUT2D eigenvalue weighted by molar-refractivity contribution is -0.124. The maximum absolute atomic E-state index is 13.0. The van der Waals surface area contributed by atoms with Gasteiger partial charge in [-0.05, 0) is 55.9 Å². The highest BCUT2D eigenvalue weighted by Crippen LogP contribution is 2.24. The van der Waals surface area contributed by atoms with Crippen LogP contribution in [0.15, 0.2) is 48.5 Å². The molecule has 1 saturated heterocycles. The third-order valence-electron chi connectivity index (χ3n) is 5.94. The van der Waals surface area contributed by atoms with Crippen LogP contribution in [0, 0.1) is 18.8 Å². The lowest BCUT2D eigenvalue weighted by atomic mass is 9.88. The van der Waals surface area contributed by atoms with E-state index in [1.165, 1.54) is 0 Å². The van der Waals surface area contributed by atoms with Crippen molar-refractivity contribution in [1.82, 2.24) is 15.5 Å². The number of aryl methyl sites for hydroxylation is 1. The number of hydrogen-bond acceptors (Lipinski definition) is 3. The highest BCUT2D eigenvalue weighted by molar-refractivity contribution is 6.33. The van der Waals surface area contributed by atoms with E-state index >= 15 is 0 Å². The molecule has 1 unspecified atom stereocenters. The normalized spacial score (nSPS) is 15.2. The van der Waals surface area contributed by atoms with Crippen molar-refractivity contribution in [3.63, 3.8) is 0 Å². The first-order valence-electron chi connectivity index (χ1n) is 11.4. The molecule has 0 saturated carbocycles. The van der Waals surface area contributed by atoms with E-state index < -0.39 is 6.04 Å². The summed E-state index contributed by atoms with van der Waals surface area (Å²) < 4.78 is 0. The van der Waals surface area contributed by atoms with Crippen molar-refractivity contribution >= 4 is 29.3 Å². The maximum atomic E-state index is 13.0. The van der Waals surface area contributed by atoms with Gasteiger partial charge in [0.05, 0.1) is 10.6 Å². The average Bonchev–Trinajstić information content (AvgIpc) is 2.81. The summed E-state index contributed by atoms with van der Waals surface area (Å²) in [5.74, 6) is -0.359. The Labute approximate surface area is 200 Å². The van der Waals surface area contributed by atoms with Crippen molar-refractivity contribution in [2.75, 3.05) is 19.6 Å². The third-order valence-corrected chi connectivity index (χ3v) is 6.26. The van der Waals surface area contributed by atoms with E-state index in [0.29, 0.717) is 54.5 Å². The zero-order valence-corrected chi connectivity index (χ0v) is 20.2. The molecule has 1 aliphatic heterocycles. The van der Waals surface area contributed by atoms with Gasteiger partial charge in [0.1, 0.15) is 6.04 Å². The number of nitrogens with one attached hydrogen (secondary N) is 2. The minimum atomic E-state index is -0.691. The van der Waals surface area contributed by atoms with Crippen LogP contribution in [0.4, 0.5) is 0 Å². The van der Waals surface area contributed by atoms with Crippen LogP contribution in [-0.4, -0.2) is 48.3 Å². The van der Waals surface area contributed by atoms with E-state index in [-0.39, 0.29) is 23.6 Å². The van der Waals surface area contributed by atoms with Gasteiger partial charge >= 0.3 is 0 Å². The van der Waals surface area contributed by atoms with Crippen LogP contribution < -0.4 is 10.6 Å². The molecule has 1 atom stereocenters. The average molecular weight is 470 g/mol. The molecule has 1 aliphatic rings. The number of carbonyl (C=O) groups excluding carboxylic acids is 3. The van der Waals surface area contributed by atoms with Crippen LogP contribution in [0.2, 0.25) is 5.02 Å². The number of carbonyl (C=O) groups is 3. The van der Waals surface area contributed by atoms with Gasteiger partial charge in [-0.2, -0.15) is 0 Å². The standard InChI is InChI=1S/C26H32ClN3O3/c1-17(2)16-28-25(32)23(29-24(31)21-9-4-5-10-22(21)27)19-11-13-30(14-12-19)26(33)20-8-6-7-18(3)15-20/h4-10,15,17,19,23H,11-14,16H2,1-3H3,(H,28,32)(H,29,31). The molecule has 2 N–H and O–H groups in total. The van der Waals surface area contributed by atoms with Crippen molar-refractivity contribution in [1.29, 1.82) is 0 Å². The summed E-state index contributed by atoms with van der Waals surface area (Å²) in [4.78, 5) is 40.7. The predicted molar refractivity (Wildman–Crippen MR) is 130 cm³/mol. The van der Waals surface area contributed by atoms with Gasteiger partial charge in [-0.3, -0.25) is 14.4 Å². The molecule has 3 rings (SSSR count). The van der Waals surface area contributed by atoms with Crippen LogP contribution >= 0.6 is 11.6 Å². The van der Waals surface area contributed by atoms with Crippen molar-refractivity contribution in [2.45, 2.75) is 39.7 Å². The van der Waals surface area contributed by atoms with Crippen LogP contribution in [-0.2, 0) is 4.79 Å². The van der Waals surface area contributed by atoms with Crippen molar-refractivity contribution < 1.29 is 14.4 Å². The lowest BCUT2D eigenvalue weighted by Crippen LogP contribution is -2.54. The number of amides is 3. The molecule has 0 aromatic heterocycles. The van der Waals surface area contributed by atoms with Gasteiger partial charge in [-0.15, -0.1) is 0 Å². The molecule has 0 aliphatic carbocycles. The van der Waals surface area contributed by atoms with Gasteiger partial charge in [0.2, 0.25) is 5.91 Å². The van der Waals surface area contributed by atoms with E-state index in [0.717, 1.165) is 5.56 Å². The molecular weight excluding hydrogens is 438 g/mol. The Morgan fingerprint density at radius 1 is 1.06 bits per heavy atom. The first-order chi connectivity index (χ1) is 15.8. The van der Waals surface area contributed by atoms with Crippen LogP contribution in [0.5, 0.6) is 0 Å². The van der Waals surface area contributed by atoms with E-state index in [2.05, 4.69) is 10.6 Å². The SMILES string of the molecule is Cc1cccc(C(=O)N2CCC(C(NC(=O)c3ccccc3Cl)C(=O)NCC(C)C)CC2)c1. The van der Waals surface area contributed by atoms with Gasteiger partial charge in [-0.25, -0.2) is 0 Å². The third kappa shape index (κ3) is 6.57. The smallest absolute Gasteiger partial charge is 0.253 e. The van der Waals surface area contributed by atoms with Crippen LogP contribution in [0.25, 0.3) is 0 Å². The zero-order valence-electron chi connectivity index (χ0n) is 19.4. The van der Waals surface area contributed by atoms with Crippen LogP contribution in [0.3, 0.4) is 0 Å². The molecule has 1 fully saturated rings. The molecule has 3 amide bonds. The summed E-state index contributed by atoms with van der Waals surface area (Å²) in [6.45, 7) is 7.60. The minimum absolute atomic E-state index is 0.00179. The highest BCUT2D eigenvalue weighted by Gasteiger charge is 2.34. The maximum Gasteiger partial charge on any atom is 0.253 e. The number of benzene rings is 2. The zero-order chi connectivity index (χ0) is 24.0. The van der Waals surface area contributed by atoms with Crippen molar-refractivity contribution in [3.05, 3.63) is 70.2 Å². The van der Waals surface area contributed by atoms with Gasteiger partial charge in [0.25, 0.3) is 11.8 Å². The monoisotopic (exact) mass is 469 g/mol. The second kappa shape index (κ2) is 11.3. The fourth-order valence-corrected chi connectivity index (χ4v) is 4.29. The number of nitrogens with zero attached hydrogens (tertiary/aromatic N) is 1. The largest absolute Gasteiger partial charge is 0.354 e. The van der Waals surface area contributed by atoms with Crippen molar-refractivity contribution in [2.24, 2.45) is 11.8 Å². The van der Waals surface area contributed by atoms with E-state index in [4.69, 9.17) is 11.6 Å². The van der Waals surface area contributed by atoms with Gasteiger partial charge in [-0.1, -0.05) is 55.3 Å². The van der Waals surface area contributed by atoms with Crippen molar-refractivity contribution in [3.8, 4) is 0 Å². The van der Waals surface area contributed by atoms with E-state index in [9.17, 15) is 14.4 Å². The van der Waals surface area contributed by atoms with Gasteiger partial charge in [0.15, 0.2) is 0 Å². The van der Waals surface area contributed by atoms with Gasteiger partial charge in [0, 0.05) is 25.2 Å².